The zero-order valence-corrected chi connectivity index (χ0v) is 9.08. The van der Waals surface area contributed by atoms with Gasteiger partial charge in [-0.1, -0.05) is 22.0 Å². The predicted molar refractivity (Wildman–Crippen MR) is 57.4 cm³/mol. The molecule has 0 fully saturated rings. The first-order valence-corrected chi connectivity index (χ1v) is 4.99. The van der Waals surface area contributed by atoms with E-state index >= 15 is 0 Å². The van der Waals surface area contributed by atoms with Crippen LogP contribution in [0.15, 0.2) is 29.3 Å². The molecule has 2 N–H and O–H groups in total. The minimum absolute atomic E-state index is 0.195. The van der Waals surface area contributed by atoms with Crippen molar-refractivity contribution < 1.29 is 9.47 Å². The Morgan fingerprint density at radius 3 is 2.71 bits per heavy atom. The van der Waals surface area contributed by atoms with Gasteiger partial charge < -0.3 is 15.2 Å². The van der Waals surface area contributed by atoms with Crippen molar-refractivity contribution in [2.75, 3.05) is 6.79 Å². The minimum Gasteiger partial charge on any atom is -0.454 e. The number of hydrogen-bond donors (Lipinski definition) is 1. The zero-order valence-electron chi connectivity index (χ0n) is 7.50. The summed E-state index contributed by atoms with van der Waals surface area (Å²) in [6.45, 7) is 3.93. The van der Waals surface area contributed by atoms with Gasteiger partial charge in [0, 0.05) is 10.5 Å². The molecule has 3 nitrogen and oxygen atoms in total. The molecule has 0 saturated carbocycles. The number of ether oxygens (including phenoxy) is 2. The van der Waals surface area contributed by atoms with Crippen LogP contribution in [0.1, 0.15) is 11.6 Å². The minimum atomic E-state index is -0.195. The van der Waals surface area contributed by atoms with E-state index in [4.69, 9.17) is 15.2 Å². The van der Waals surface area contributed by atoms with Gasteiger partial charge in [0.15, 0.2) is 11.5 Å². The maximum absolute atomic E-state index is 5.84. The van der Waals surface area contributed by atoms with Crippen molar-refractivity contribution in [1.29, 1.82) is 0 Å². The molecule has 1 atom stereocenters. The maximum atomic E-state index is 5.84. The Balaban J connectivity index is 2.47. The Morgan fingerprint density at radius 1 is 1.43 bits per heavy atom. The highest BCUT2D eigenvalue weighted by Gasteiger charge is 2.17. The van der Waals surface area contributed by atoms with Crippen LogP contribution in [0.25, 0.3) is 0 Å². The van der Waals surface area contributed by atoms with Gasteiger partial charge in [0.2, 0.25) is 6.79 Å². The van der Waals surface area contributed by atoms with Crippen LogP contribution in [0.3, 0.4) is 0 Å². The maximum Gasteiger partial charge on any atom is 0.231 e. The number of nitrogens with two attached hydrogens (primary N) is 1. The van der Waals surface area contributed by atoms with Gasteiger partial charge in [-0.05, 0) is 17.7 Å². The Hall–Kier alpha value is -1.00. The lowest BCUT2D eigenvalue weighted by Crippen LogP contribution is -2.07. The zero-order chi connectivity index (χ0) is 10.1. The van der Waals surface area contributed by atoms with Gasteiger partial charge in [-0.2, -0.15) is 0 Å². The molecular weight excluding hydrogens is 246 g/mol. The predicted octanol–water partition coefficient (Wildman–Crippen LogP) is 2.36. The van der Waals surface area contributed by atoms with Gasteiger partial charge in [0.05, 0.1) is 0 Å². The normalized spacial score (nSPS) is 15.3. The van der Waals surface area contributed by atoms with E-state index in [0.717, 1.165) is 21.5 Å². The van der Waals surface area contributed by atoms with Gasteiger partial charge in [-0.3, -0.25) is 0 Å². The first kappa shape index (κ1) is 9.55. The van der Waals surface area contributed by atoms with Crippen LogP contribution >= 0.6 is 15.9 Å². The molecule has 0 unspecified atom stereocenters. The standard InChI is InChI=1S/C10H10BrNO2/c1-2-8(12)6-3-9-10(4-7(6)11)14-5-13-9/h2-4,8H,1,5,12H2/t8-/m1/s1. The number of benzene rings is 1. The summed E-state index contributed by atoms with van der Waals surface area (Å²) in [6.07, 6.45) is 1.68. The lowest BCUT2D eigenvalue weighted by molar-refractivity contribution is 0.174. The van der Waals surface area contributed by atoms with E-state index in [9.17, 15) is 0 Å². The van der Waals surface area contributed by atoms with E-state index in [0.29, 0.717) is 0 Å². The second-order valence-corrected chi connectivity index (χ2v) is 3.84. The fraction of sp³-hybridized carbons (Fsp3) is 0.200. The van der Waals surface area contributed by atoms with Crippen LogP contribution < -0.4 is 15.2 Å². The molecule has 1 heterocycles. The first-order chi connectivity index (χ1) is 6.72. The Bertz CT molecular complexity index is 379. The van der Waals surface area contributed by atoms with Gasteiger partial charge in [0.25, 0.3) is 0 Å². The number of halogens is 1. The van der Waals surface area contributed by atoms with Crippen molar-refractivity contribution in [1.82, 2.24) is 0 Å². The summed E-state index contributed by atoms with van der Waals surface area (Å²) in [4.78, 5) is 0. The highest BCUT2D eigenvalue weighted by Crippen LogP contribution is 2.38. The third kappa shape index (κ3) is 1.51. The summed E-state index contributed by atoms with van der Waals surface area (Å²) in [6, 6.07) is 3.54. The summed E-state index contributed by atoms with van der Waals surface area (Å²) in [5.41, 5.74) is 6.79. The molecular formula is C10H10BrNO2. The van der Waals surface area contributed by atoms with Crippen molar-refractivity contribution >= 4 is 15.9 Å². The molecule has 14 heavy (non-hydrogen) atoms. The van der Waals surface area contributed by atoms with E-state index in [1.807, 2.05) is 12.1 Å². The summed E-state index contributed by atoms with van der Waals surface area (Å²) in [5, 5.41) is 0. The molecule has 1 aliphatic rings. The van der Waals surface area contributed by atoms with Crippen molar-refractivity contribution in [2.45, 2.75) is 6.04 Å². The summed E-state index contributed by atoms with van der Waals surface area (Å²) in [5.74, 6) is 1.48. The highest BCUT2D eigenvalue weighted by molar-refractivity contribution is 9.10. The van der Waals surface area contributed by atoms with Crippen LogP contribution in [0, 0.1) is 0 Å². The molecule has 0 bridgehead atoms. The van der Waals surface area contributed by atoms with Crippen molar-refractivity contribution in [2.24, 2.45) is 5.73 Å². The topological polar surface area (TPSA) is 44.5 Å². The third-order valence-electron chi connectivity index (χ3n) is 2.10. The number of hydrogen-bond acceptors (Lipinski definition) is 3. The largest absolute Gasteiger partial charge is 0.454 e. The molecule has 1 aliphatic heterocycles. The molecule has 4 heteroatoms. The summed E-state index contributed by atoms with van der Waals surface area (Å²) in [7, 11) is 0. The van der Waals surface area contributed by atoms with Crippen molar-refractivity contribution in [3.8, 4) is 11.5 Å². The lowest BCUT2D eigenvalue weighted by Gasteiger charge is -2.10. The van der Waals surface area contributed by atoms with Crippen molar-refractivity contribution in [3.63, 3.8) is 0 Å². The average molecular weight is 256 g/mol. The molecule has 0 aliphatic carbocycles. The quantitative estimate of drug-likeness (QED) is 0.826. The third-order valence-corrected chi connectivity index (χ3v) is 2.79. The fourth-order valence-electron chi connectivity index (χ4n) is 1.32. The number of fused-ring (bicyclic) bond motifs is 1. The second kappa shape index (κ2) is 3.63. The van der Waals surface area contributed by atoms with E-state index in [1.54, 1.807) is 6.08 Å². The summed E-state index contributed by atoms with van der Waals surface area (Å²) >= 11 is 3.43. The molecule has 0 amide bonds. The van der Waals surface area contributed by atoms with Gasteiger partial charge in [-0.25, -0.2) is 0 Å². The molecule has 0 aromatic heterocycles. The average Bonchev–Trinajstić information content (AvgIpc) is 2.62. The SMILES string of the molecule is C=C[C@@H](N)c1cc2c(cc1Br)OCO2. The van der Waals surface area contributed by atoms with Crippen molar-refractivity contribution in [3.05, 3.63) is 34.8 Å². The van der Waals surface area contributed by atoms with E-state index in [2.05, 4.69) is 22.5 Å². The van der Waals surface area contributed by atoms with E-state index < -0.39 is 0 Å². The monoisotopic (exact) mass is 255 g/mol. The molecule has 1 aromatic carbocycles. The second-order valence-electron chi connectivity index (χ2n) is 2.99. The Morgan fingerprint density at radius 2 is 2.07 bits per heavy atom. The molecule has 0 radical (unpaired) electrons. The lowest BCUT2D eigenvalue weighted by atomic mass is 10.1. The first-order valence-electron chi connectivity index (χ1n) is 4.19. The molecule has 0 saturated heterocycles. The molecule has 0 spiro atoms. The van der Waals surface area contributed by atoms with Crippen LogP contribution in [-0.2, 0) is 0 Å². The highest BCUT2D eigenvalue weighted by atomic mass is 79.9. The van der Waals surface area contributed by atoms with Gasteiger partial charge in [-0.15, -0.1) is 6.58 Å². The van der Waals surface area contributed by atoms with Gasteiger partial charge >= 0.3 is 0 Å². The fourth-order valence-corrected chi connectivity index (χ4v) is 1.90. The summed E-state index contributed by atoms with van der Waals surface area (Å²) < 4.78 is 11.4. The van der Waals surface area contributed by atoms with Gasteiger partial charge in [0.1, 0.15) is 0 Å². The molecule has 2 rings (SSSR count). The Kier molecular flexibility index (Phi) is 2.48. The molecule has 74 valence electrons. The van der Waals surface area contributed by atoms with Crippen LogP contribution in [0.4, 0.5) is 0 Å². The number of rotatable bonds is 2. The van der Waals surface area contributed by atoms with Crippen LogP contribution in [0.2, 0.25) is 0 Å². The van der Waals surface area contributed by atoms with E-state index in [-0.39, 0.29) is 12.8 Å². The Labute approximate surface area is 90.6 Å². The van der Waals surface area contributed by atoms with Crippen LogP contribution in [0.5, 0.6) is 11.5 Å². The van der Waals surface area contributed by atoms with E-state index in [1.165, 1.54) is 0 Å². The van der Waals surface area contributed by atoms with Crippen LogP contribution in [-0.4, -0.2) is 6.79 Å². The molecule has 1 aromatic rings. The smallest absolute Gasteiger partial charge is 0.231 e.